The topological polar surface area (TPSA) is 90.1 Å². The van der Waals surface area contributed by atoms with Crippen LogP contribution in [0.4, 0.5) is 11.4 Å². The van der Waals surface area contributed by atoms with E-state index in [0.29, 0.717) is 11.4 Å². The molecule has 7 heteroatoms. The number of amides is 1. The fourth-order valence-corrected chi connectivity index (χ4v) is 2.17. The van der Waals surface area contributed by atoms with Gasteiger partial charge in [-0.15, -0.1) is 0 Å². The van der Waals surface area contributed by atoms with Gasteiger partial charge in [0.2, 0.25) is 0 Å². The summed E-state index contributed by atoms with van der Waals surface area (Å²) in [7, 11) is 0. The Morgan fingerprint density at radius 2 is 1.92 bits per heavy atom. The van der Waals surface area contributed by atoms with Gasteiger partial charge in [-0.05, 0) is 31.2 Å². The third-order valence-electron chi connectivity index (χ3n) is 3.44. The van der Waals surface area contributed by atoms with Crippen LogP contribution in [0.2, 0.25) is 0 Å². The van der Waals surface area contributed by atoms with Gasteiger partial charge in [-0.3, -0.25) is 14.9 Å². The molecule has 24 heavy (non-hydrogen) atoms. The zero-order valence-corrected chi connectivity index (χ0v) is 12.8. The molecule has 0 aliphatic heterocycles. The number of anilines is 1. The monoisotopic (exact) mass is 322 g/mol. The van der Waals surface area contributed by atoms with Crippen molar-refractivity contribution in [2.24, 2.45) is 0 Å². The maximum Gasteiger partial charge on any atom is 0.276 e. The van der Waals surface area contributed by atoms with E-state index in [1.165, 1.54) is 16.8 Å². The minimum Gasteiger partial charge on any atom is -0.321 e. The molecule has 1 N–H and O–H groups in total. The molecule has 3 aromatic rings. The van der Waals surface area contributed by atoms with Gasteiger partial charge in [-0.1, -0.05) is 23.8 Å². The Bertz CT molecular complexity index is 900. The molecule has 2 aromatic carbocycles. The van der Waals surface area contributed by atoms with E-state index in [0.717, 1.165) is 5.56 Å². The van der Waals surface area contributed by atoms with Crippen LogP contribution in [0.15, 0.2) is 60.8 Å². The first-order chi connectivity index (χ1) is 11.5. The first-order valence-electron chi connectivity index (χ1n) is 7.21. The molecule has 0 aliphatic rings. The zero-order chi connectivity index (χ0) is 17.1. The van der Waals surface area contributed by atoms with Crippen LogP contribution in [0.1, 0.15) is 16.1 Å². The second kappa shape index (κ2) is 6.33. The smallest absolute Gasteiger partial charge is 0.276 e. The van der Waals surface area contributed by atoms with Crippen molar-refractivity contribution in [1.29, 1.82) is 0 Å². The van der Waals surface area contributed by atoms with Crippen LogP contribution < -0.4 is 5.32 Å². The van der Waals surface area contributed by atoms with Gasteiger partial charge < -0.3 is 5.32 Å². The Hall–Kier alpha value is -3.48. The maximum absolute atomic E-state index is 12.2. The van der Waals surface area contributed by atoms with Crippen LogP contribution in [0.25, 0.3) is 5.69 Å². The summed E-state index contributed by atoms with van der Waals surface area (Å²) in [5.74, 6) is -0.344. The minimum atomic E-state index is -0.474. The van der Waals surface area contributed by atoms with Crippen molar-refractivity contribution in [2.45, 2.75) is 6.92 Å². The molecule has 1 heterocycles. The SMILES string of the molecule is Cc1ccc(NC(=O)c2ccn(-c3cccc([N+](=O)[O-])c3)n2)cc1. The number of aromatic nitrogens is 2. The van der Waals surface area contributed by atoms with E-state index in [9.17, 15) is 14.9 Å². The molecule has 0 fully saturated rings. The number of carbonyl (C=O) groups excluding carboxylic acids is 1. The standard InChI is InChI=1S/C17H14N4O3/c1-12-5-7-13(8-6-12)18-17(22)16-9-10-20(19-16)14-3-2-4-15(11-14)21(23)24/h2-11H,1H3,(H,18,22). The highest BCUT2D eigenvalue weighted by atomic mass is 16.6. The Kier molecular flexibility index (Phi) is 4.07. The fourth-order valence-electron chi connectivity index (χ4n) is 2.17. The third kappa shape index (κ3) is 3.30. The van der Waals surface area contributed by atoms with Gasteiger partial charge in [0.1, 0.15) is 0 Å². The molecule has 1 amide bonds. The average Bonchev–Trinajstić information content (AvgIpc) is 3.07. The number of benzene rings is 2. The summed E-state index contributed by atoms with van der Waals surface area (Å²) in [6.07, 6.45) is 1.59. The van der Waals surface area contributed by atoms with Crippen LogP contribution in [0, 0.1) is 17.0 Å². The summed E-state index contributed by atoms with van der Waals surface area (Å²) in [4.78, 5) is 22.6. The summed E-state index contributed by atoms with van der Waals surface area (Å²) >= 11 is 0. The van der Waals surface area contributed by atoms with Crippen molar-refractivity contribution in [1.82, 2.24) is 9.78 Å². The molecule has 120 valence electrons. The molecular formula is C17H14N4O3. The van der Waals surface area contributed by atoms with Gasteiger partial charge in [0.15, 0.2) is 5.69 Å². The average molecular weight is 322 g/mol. The maximum atomic E-state index is 12.2. The van der Waals surface area contributed by atoms with E-state index in [1.807, 2.05) is 31.2 Å². The molecule has 1 aromatic heterocycles. The van der Waals surface area contributed by atoms with E-state index in [2.05, 4.69) is 10.4 Å². The largest absolute Gasteiger partial charge is 0.321 e. The van der Waals surface area contributed by atoms with E-state index < -0.39 is 4.92 Å². The predicted octanol–water partition coefficient (Wildman–Crippen LogP) is 3.34. The number of nitrogens with zero attached hydrogens (tertiary/aromatic N) is 3. The van der Waals surface area contributed by atoms with Gasteiger partial charge in [0, 0.05) is 24.0 Å². The first-order valence-corrected chi connectivity index (χ1v) is 7.21. The van der Waals surface area contributed by atoms with Crippen molar-refractivity contribution >= 4 is 17.3 Å². The lowest BCUT2D eigenvalue weighted by atomic mass is 10.2. The molecule has 0 saturated carbocycles. The number of rotatable bonds is 4. The van der Waals surface area contributed by atoms with Crippen molar-refractivity contribution < 1.29 is 9.72 Å². The van der Waals surface area contributed by atoms with Crippen LogP contribution in [0.5, 0.6) is 0 Å². The molecule has 0 spiro atoms. The third-order valence-corrected chi connectivity index (χ3v) is 3.44. The molecule has 0 aliphatic carbocycles. The van der Waals surface area contributed by atoms with Gasteiger partial charge in [0.25, 0.3) is 11.6 Å². The molecular weight excluding hydrogens is 308 g/mol. The van der Waals surface area contributed by atoms with E-state index >= 15 is 0 Å². The van der Waals surface area contributed by atoms with Crippen molar-refractivity contribution in [3.8, 4) is 5.69 Å². The summed E-state index contributed by atoms with van der Waals surface area (Å²) in [6.45, 7) is 1.96. The summed E-state index contributed by atoms with van der Waals surface area (Å²) in [5.41, 5.74) is 2.48. The lowest BCUT2D eigenvalue weighted by Gasteiger charge is -2.04. The molecule has 0 saturated heterocycles. The Balaban J connectivity index is 1.80. The van der Waals surface area contributed by atoms with Gasteiger partial charge >= 0.3 is 0 Å². The number of carbonyl (C=O) groups is 1. The summed E-state index contributed by atoms with van der Waals surface area (Å²) in [5, 5.41) is 17.8. The lowest BCUT2D eigenvalue weighted by molar-refractivity contribution is -0.384. The highest BCUT2D eigenvalue weighted by Crippen LogP contribution is 2.17. The number of aryl methyl sites for hydroxylation is 1. The van der Waals surface area contributed by atoms with Crippen LogP contribution in [-0.2, 0) is 0 Å². The number of nitro groups is 1. The second-order valence-electron chi connectivity index (χ2n) is 5.24. The van der Waals surface area contributed by atoms with E-state index in [1.54, 1.807) is 24.4 Å². The molecule has 0 atom stereocenters. The lowest BCUT2D eigenvalue weighted by Crippen LogP contribution is -2.13. The van der Waals surface area contributed by atoms with Crippen LogP contribution in [-0.4, -0.2) is 20.6 Å². The molecule has 7 nitrogen and oxygen atoms in total. The number of non-ortho nitro benzene ring substituents is 1. The van der Waals surface area contributed by atoms with Crippen molar-refractivity contribution in [2.75, 3.05) is 5.32 Å². The number of nitro benzene ring substituents is 1. The predicted molar refractivity (Wildman–Crippen MR) is 89.4 cm³/mol. The highest BCUT2D eigenvalue weighted by Gasteiger charge is 2.12. The Labute approximate surface area is 137 Å². The van der Waals surface area contributed by atoms with Gasteiger partial charge in [-0.25, -0.2) is 4.68 Å². The van der Waals surface area contributed by atoms with Gasteiger partial charge in [0.05, 0.1) is 10.6 Å². The normalized spacial score (nSPS) is 10.4. The molecule has 0 unspecified atom stereocenters. The second-order valence-corrected chi connectivity index (χ2v) is 5.24. The summed E-state index contributed by atoms with van der Waals surface area (Å²) < 4.78 is 1.43. The minimum absolute atomic E-state index is 0.0337. The number of hydrogen-bond acceptors (Lipinski definition) is 4. The van der Waals surface area contributed by atoms with Crippen molar-refractivity contribution in [3.63, 3.8) is 0 Å². The van der Waals surface area contributed by atoms with Crippen LogP contribution in [0.3, 0.4) is 0 Å². The molecule has 0 bridgehead atoms. The van der Waals surface area contributed by atoms with Gasteiger partial charge in [-0.2, -0.15) is 5.10 Å². The Morgan fingerprint density at radius 1 is 1.17 bits per heavy atom. The van der Waals surface area contributed by atoms with Crippen LogP contribution >= 0.6 is 0 Å². The molecule has 3 rings (SSSR count). The van der Waals surface area contributed by atoms with E-state index in [-0.39, 0.29) is 17.3 Å². The van der Waals surface area contributed by atoms with E-state index in [4.69, 9.17) is 0 Å². The highest BCUT2D eigenvalue weighted by molar-refractivity contribution is 6.02. The number of hydrogen-bond donors (Lipinski definition) is 1. The zero-order valence-electron chi connectivity index (χ0n) is 12.8. The Morgan fingerprint density at radius 3 is 2.62 bits per heavy atom. The summed E-state index contributed by atoms with van der Waals surface area (Å²) in [6, 6.07) is 15.0. The van der Waals surface area contributed by atoms with Crippen molar-refractivity contribution in [3.05, 3.63) is 82.2 Å². The first kappa shape index (κ1) is 15.4. The quantitative estimate of drug-likeness (QED) is 0.589. The fraction of sp³-hybridized carbons (Fsp3) is 0.0588. The number of nitrogens with one attached hydrogen (secondary N) is 1. The molecule has 0 radical (unpaired) electrons.